The van der Waals surface area contributed by atoms with Crippen LogP contribution in [-0.4, -0.2) is 29.9 Å². The van der Waals surface area contributed by atoms with Crippen LogP contribution in [0.2, 0.25) is 0 Å². The summed E-state index contributed by atoms with van der Waals surface area (Å²) in [7, 11) is -3.22. The molecule has 0 fully saturated rings. The monoisotopic (exact) mass is 238 g/mol. The largest absolute Gasteiger partial charge is 0.366 e. The summed E-state index contributed by atoms with van der Waals surface area (Å²) in [5.41, 5.74) is 6.00. The van der Waals surface area contributed by atoms with Crippen molar-refractivity contribution in [1.82, 2.24) is 15.2 Å². The van der Waals surface area contributed by atoms with Crippen molar-refractivity contribution in [3.63, 3.8) is 0 Å². The molecule has 84 valence electrons. The van der Waals surface area contributed by atoms with Gasteiger partial charge in [-0.2, -0.15) is 4.98 Å². The number of hydrogen-bond acceptors (Lipinski definition) is 5. The Morgan fingerprint density at radius 1 is 1.38 bits per heavy atom. The number of rotatable bonds is 2. The maximum absolute atomic E-state index is 11.4. The summed E-state index contributed by atoms with van der Waals surface area (Å²) in [5.74, 6) is 0.572. The molecule has 1 aromatic carbocycles. The second-order valence-corrected chi connectivity index (χ2v) is 5.36. The van der Waals surface area contributed by atoms with Crippen LogP contribution in [0.5, 0.6) is 0 Å². The minimum absolute atomic E-state index is 0.125. The molecule has 2 rings (SSSR count). The van der Waals surface area contributed by atoms with Crippen LogP contribution in [0, 0.1) is 0 Å². The van der Waals surface area contributed by atoms with E-state index in [0.717, 1.165) is 6.26 Å². The van der Waals surface area contributed by atoms with Crippen LogP contribution in [0.3, 0.4) is 0 Å². The first kappa shape index (κ1) is 10.6. The number of hydrogen-bond donors (Lipinski definition) is 2. The van der Waals surface area contributed by atoms with Gasteiger partial charge in [-0.05, 0) is 12.1 Å². The molecule has 0 unspecified atom stereocenters. The summed E-state index contributed by atoms with van der Waals surface area (Å²) < 4.78 is 22.7. The van der Waals surface area contributed by atoms with Gasteiger partial charge in [-0.25, -0.2) is 8.42 Å². The molecule has 0 spiro atoms. The van der Waals surface area contributed by atoms with Gasteiger partial charge in [0.25, 0.3) is 0 Å². The van der Waals surface area contributed by atoms with Crippen LogP contribution in [0.25, 0.3) is 11.4 Å². The Morgan fingerprint density at radius 2 is 2.12 bits per heavy atom. The Morgan fingerprint density at radius 3 is 2.69 bits per heavy atom. The molecule has 7 heteroatoms. The van der Waals surface area contributed by atoms with E-state index in [1.807, 2.05) is 0 Å². The van der Waals surface area contributed by atoms with Crippen molar-refractivity contribution in [3.05, 3.63) is 24.3 Å². The van der Waals surface area contributed by atoms with Gasteiger partial charge in [0.2, 0.25) is 5.95 Å². The number of anilines is 1. The smallest absolute Gasteiger partial charge is 0.239 e. The number of aromatic amines is 1. The molecule has 0 saturated carbocycles. The molecule has 2 aromatic rings. The standard InChI is InChI=1S/C9H10N4O2S/c1-16(14,15)7-4-2-3-6(5-7)8-11-9(10)13-12-8/h2-5H,1H3,(H3,10,11,12,13). The number of nitrogens with one attached hydrogen (secondary N) is 1. The summed E-state index contributed by atoms with van der Waals surface area (Å²) in [6, 6.07) is 6.42. The number of H-pyrrole nitrogens is 1. The van der Waals surface area contributed by atoms with Gasteiger partial charge in [0.05, 0.1) is 4.90 Å². The van der Waals surface area contributed by atoms with Gasteiger partial charge in [-0.1, -0.05) is 12.1 Å². The second-order valence-electron chi connectivity index (χ2n) is 3.34. The highest BCUT2D eigenvalue weighted by atomic mass is 32.2. The van der Waals surface area contributed by atoms with Gasteiger partial charge in [-0.3, -0.25) is 5.10 Å². The molecule has 6 nitrogen and oxygen atoms in total. The first-order valence-corrected chi connectivity index (χ1v) is 6.34. The van der Waals surface area contributed by atoms with Crippen molar-refractivity contribution in [3.8, 4) is 11.4 Å². The molecular weight excluding hydrogens is 228 g/mol. The van der Waals surface area contributed by atoms with Gasteiger partial charge < -0.3 is 5.73 Å². The van der Waals surface area contributed by atoms with Gasteiger partial charge in [0.15, 0.2) is 15.7 Å². The quantitative estimate of drug-likeness (QED) is 0.791. The van der Waals surface area contributed by atoms with E-state index in [0.29, 0.717) is 11.4 Å². The summed E-state index contributed by atoms with van der Waals surface area (Å²) in [5, 5.41) is 6.30. The highest BCUT2D eigenvalue weighted by Gasteiger charge is 2.09. The third kappa shape index (κ3) is 2.03. The molecule has 16 heavy (non-hydrogen) atoms. The molecule has 0 radical (unpaired) electrons. The molecule has 0 aliphatic heterocycles. The van der Waals surface area contributed by atoms with E-state index in [4.69, 9.17) is 5.73 Å². The zero-order valence-corrected chi connectivity index (χ0v) is 9.32. The number of sulfone groups is 1. The van der Waals surface area contributed by atoms with E-state index in [-0.39, 0.29) is 10.8 Å². The number of nitrogens with zero attached hydrogens (tertiary/aromatic N) is 2. The predicted molar refractivity (Wildman–Crippen MR) is 59.3 cm³/mol. The van der Waals surface area contributed by atoms with E-state index < -0.39 is 9.84 Å². The fourth-order valence-corrected chi connectivity index (χ4v) is 1.94. The van der Waals surface area contributed by atoms with Crippen molar-refractivity contribution in [2.24, 2.45) is 0 Å². The van der Waals surface area contributed by atoms with Crippen LogP contribution in [0.4, 0.5) is 5.95 Å². The van der Waals surface area contributed by atoms with Crippen LogP contribution < -0.4 is 5.73 Å². The maximum atomic E-state index is 11.4. The average molecular weight is 238 g/mol. The first-order chi connectivity index (χ1) is 7.47. The van der Waals surface area contributed by atoms with E-state index in [9.17, 15) is 8.42 Å². The van der Waals surface area contributed by atoms with Crippen molar-refractivity contribution in [2.45, 2.75) is 4.90 Å². The molecular formula is C9H10N4O2S. The molecule has 0 bridgehead atoms. The minimum atomic E-state index is -3.22. The summed E-state index contributed by atoms with van der Waals surface area (Å²) >= 11 is 0. The van der Waals surface area contributed by atoms with E-state index in [1.54, 1.807) is 12.1 Å². The highest BCUT2D eigenvalue weighted by molar-refractivity contribution is 7.90. The van der Waals surface area contributed by atoms with Crippen molar-refractivity contribution in [2.75, 3.05) is 12.0 Å². The summed E-state index contributed by atoms with van der Waals surface area (Å²) in [6.45, 7) is 0. The first-order valence-electron chi connectivity index (χ1n) is 4.45. The van der Waals surface area contributed by atoms with E-state index in [1.165, 1.54) is 12.1 Å². The van der Waals surface area contributed by atoms with Gasteiger partial charge in [-0.15, -0.1) is 5.10 Å². The molecule has 0 atom stereocenters. The van der Waals surface area contributed by atoms with E-state index >= 15 is 0 Å². The van der Waals surface area contributed by atoms with Gasteiger partial charge in [0, 0.05) is 11.8 Å². The van der Waals surface area contributed by atoms with Crippen molar-refractivity contribution in [1.29, 1.82) is 0 Å². The number of benzene rings is 1. The van der Waals surface area contributed by atoms with Crippen LogP contribution in [0.1, 0.15) is 0 Å². The van der Waals surface area contributed by atoms with E-state index in [2.05, 4.69) is 15.2 Å². The lowest BCUT2D eigenvalue weighted by molar-refractivity contribution is 0.602. The highest BCUT2D eigenvalue weighted by Crippen LogP contribution is 2.19. The fraction of sp³-hybridized carbons (Fsp3) is 0.111. The van der Waals surface area contributed by atoms with Gasteiger partial charge in [0.1, 0.15) is 0 Å². The second kappa shape index (κ2) is 3.60. The molecule has 0 saturated heterocycles. The van der Waals surface area contributed by atoms with Crippen molar-refractivity contribution >= 4 is 15.8 Å². The molecule has 0 amide bonds. The Balaban J connectivity index is 2.52. The fourth-order valence-electron chi connectivity index (χ4n) is 1.28. The third-order valence-electron chi connectivity index (χ3n) is 2.04. The van der Waals surface area contributed by atoms with Crippen LogP contribution in [0.15, 0.2) is 29.2 Å². The van der Waals surface area contributed by atoms with Gasteiger partial charge >= 0.3 is 0 Å². The Kier molecular flexibility index (Phi) is 2.39. The average Bonchev–Trinajstić information content (AvgIpc) is 2.64. The number of nitrogens with two attached hydrogens (primary N) is 1. The molecule has 1 aromatic heterocycles. The van der Waals surface area contributed by atoms with Crippen LogP contribution >= 0.6 is 0 Å². The summed E-state index contributed by atoms with van der Waals surface area (Å²) in [6.07, 6.45) is 1.15. The SMILES string of the molecule is CS(=O)(=O)c1cccc(-c2nc(N)n[nH]2)c1. The summed E-state index contributed by atoms with van der Waals surface area (Å²) in [4.78, 5) is 4.16. The number of aromatic nitrogens is 3. The van der Waals surface area contributed by atoms with Crippen molar-refractivity contribution < 1.29 is 8.42 Å². The zero-order valence-electron chi connectivity index (χ0n) is 8.51. The lowest BCUT2D eigenvalue weighted by atomic mass is 10.2. The normalized spacial score (nSPS) is 11.6. The Labute approximate surface area is 92.4 Å². The molecule has 1 heterocycles. The lowest BCUT2D eigenvalue weighted by Gasteiger charge is -2.00. The minimum Gasteiger partial charge on any atom is -0.366 e. The lowest BCUT2D eigenvalue weighted by Crippen LogP contribution is -1.97. The topological polar surface area (TPSA) is 102 Å². The third-order valence-corrected chi connectivity index (χ3v) is 3.15. The predicted octanol–water partition coefficient (Wildman–Crippen LogP) is 0.457. The molecule has 0 aliphatic rings. The maximum Gasteiger partial charge on any atom is 0.239 e. The Bertz CT molecular complexity index is 618. The molecule has 0 aliphatic carbocycles. The molecule has 3 N–H and O–H groups in total. The zero-order chi connectivity index (χ0) is 11.8. The van der Waals surface area contributed by atoms with Crippen LogP contribution in [-0.2, 0) is 9.84 Å². The number of nitrogen functional groups attached to an aromatic ring is 1. The Hall–Kier alpha value is -1.89.